The highest BCUT2D eigenvalue weighted by Gasteiger charge is 2.20. The number of aromatic nitrogens is 2. The standard InChI is InChI=1S/C17H24N4S/c1-5-14(21-22-17(2,3)4)13-11-15(18)19-20-16(13)12-9-7-6-8-10-12/h6-11,14,21H,5H2,1-4H3,(H2,18,19)/t14-/m1/s1. The molecular weight excluding hydrogens is 292 g/mol. The SMILES string of the molecule is CC[C@@H](NSC(C)(C)C)c1cc(N)nnc1-c1ccccc1. The van der Waals surface area contributed by atoms with E-state index < -0.39 is 0 Å². The first-order valence-corrected chi connectivity index (χ1v) is 8.34. The average Bonchev–Trinajstić information content (AvgIpc) is 2.48. The zero-order valence-corrected chi connectivity index (χ0v) is 14.4. The Kier molecular flexibility index (Phi) is 5.42. The number of nitrogens with one attached hydrogen (secondary N) is 1. The van der Waals surface area contributed by atoms with E-state index in [-0.39, 0.29) is 10.8 Å². The normalized spacial score (nSPS) is 13.1. The van der Waals surface area contributed by atoms with Gasteiger partial charge in [-0.1, -0.05) is 49.2 Å². The molecule has 0 unspecified atom stereocenters. The molecular formula is C17H24N4S. The molecule has 22 heavy (non-hydrogen) atoms. The Balaban J connectivity index is 2.37. The maximum absolute atomic E-state index is 5.87. The molecule has 4 nitrogen and oxygen atoms in total. The molecule has 1 aromatic carbocycles. The molecule has 2 aromatic rings. The van der Waals surface area contributed by atoms with Crippen molar-refractivity contribution in [3.05, 3.63) is 42.0 Å². The van der Waals surface area contributed by atoms with Crippen molar-refractivity contribution in [2.24, 2.45) is 0 Å². The maximum atomic E-state index is 5.87. The zero-order valence-electron chi connectivity index (χ0n) is 13.6. The molecule has 0 fully saturated rings. The quantitative estimate of drug-likeness (QED) is 0.809. The lowest BCUT2D eigenvalue weighted by Crippen LogP contribution is -2.22. The predicted molar refractivity (Wildman–Crippen MR) is 95.4 cm³/mol. The van der Waals surface area contributed by atoms with Crippen molar-refractivity contribution in [3.8, 4) is 11.3 Å². The van der Waals surface area contributed by atoms with E-state index in [0.29, 0.717) is 5.82 Å². The van der Waals surface area contributed by atoms with Crippen LogP contribution in [0.2, 0.25) is 0 Å². The van der Waals surface area contributed by atoms with E-state index in [1.165, 1.54) is 0 Å². The van der Waals surface area contributed by atoms with E-state index in [0.717, 1.165) is 23.2 Å². The highest BCUT2D eigenvalue weighted by molar-refractivity contribution is 7.98. The van der Waals surface area contributed by atoms with Gasteiger partial charge in [-0.2, -0.15) is 0 Å². The Morgan fingerprint density at radius 2 is 1.86 bits per heavy atom. The molecule has 0 radical (unpaired) electrons. The van der Waals surface area contributed by atoms with Crippen molar-refractivity contribution in [2.45, 2.75) is 44.9 Å². The Bertz CT molecular complexity index is 608. The van der Waals surface area contributed by atoms with Gasteiger partial charge in [-0.3, -0.25) is 4.72 Å². The highest BCUT2D eigenvalue weighted by Crippen LogP contribution is 2.32. The molecule has 5 heteroatoms. The number of nitrogens with two attached hydrogens (primary N) is 1. The maximum Gasteiger partial charge on any atom is 0.146 e. The van der Waals surface area contributed by atoms with Gasteiger partial charge in [0.25, 0.3) is 0 Å². The monoisotopic (exact) mass is 316 g/mol. The van der Waals surface area contributed by atoms with Gasteiger partial charge in [0, 0.05) is 21.9 Å². The summed E-state index contributed by atoms with van der Waals surface area (Å²) in [5, 5.41) is 8.37. The van der Waals surface area contributed by atoms with Crippen LogP contribution in [0.15, 0.2) is 36.4 Å². The summed E-state index contributed by atoms with van der Waals surface area (Å²) < 4.78 is 3.70. The lowest BCUT2D eigenvalue weighted by atomic mass is 9.99. The second-order valence-corrected chi connectivity index (χ2v) is 7.90. The van der Waals surface area contributed by atoms with Crippen LogP contribution in [0, 0.1) is 0 Å². The fourth-order valence-electron chi connectivity index (χ4n) is 2.12. The summed E-state index contributed by atoms with van der Waals surface area (Å²) in [6.45, 7) is 8.73. The Labute approximate surface area is 137 Å². The minimum absolute atomic E-state index is 0.145. The molecule has 1 atom stereocenters. The highest BCUT2D eigenvalue weighted by atomic mass is 32.2. The Morgan fingerprint density at radius 3 is 2.45 bits per heavy atom. The summed E-state index contributed by atoms with van der Waals surface area (Å²) in [6, 6.07) is 12.2. The number of nitrogens with zero attached hydrogens (tertiary/aromatic N) is 2. The van der Waals surface area contributed by atoms with E-state index in [1.54, 1.807) is 11.9 Å². The van der Waals surface area contributed by atoms with Crippen LogP contribution in [0.3, 0.4) is 0 Å². The van der Waals surface area contributed by atoms with E-state index in [1.807, 2.05) is 36.4 Å². The molecule has 3 N–H and O–H groups in total. The molecule has 1 aromatic heterocycles. The lowest BCUT2D eigenvalue weighted by molar-refractivity contribution is 0.639. The summed E-state index contributed by atoms with van der Waals surface area (Å²) in [4.78, 5) is 0. The molecule has 118 valence electrons. The van der Waals surface area contributed by atoms with Gasteiger partial charge in [0.2, 0.25) is 0 Å². The first-order valence-electron chi connectivity index (χ1n) is 7.52. The van der Waals surface area contributed by atoms with Crippen molar-refractivity contribution in [2.75, 3.05) is 5.73 Å². The molecule has 0 amide bonds. The fourth-order valence-corrected chi connectivity index (χ4v) is 2.91. The molecule has 0 aliphatic rings. The second kappa shape index (κ2) is 7.11. The van der Waals surface area contributed by atoms with Crippen LogP contribution in [0.4, 0.5) is 5.82 Å². The third-order valence-electron chi connectivity index (χ3n) is 3.18. The molecule has 0 saturated carbocycles. The molecule has 1 heterocycles. The van der Waals surface area contributed by atoms with Gasteiger partial charge >= 0.3 is 0 Å². The lowest BCUT2D eigenvalue weighted by Gasteiger charge is -2.24. The molecule has 0 aliphatic heterocycles. The van der Waals surface area contributed by atoms with Crippen LogP contribution >= 0.6 is 11.9 Å². The van der Waals surface area contributed by atoms with Crippen LogP contribution < -0.4 is 10.5 Å². The van der Waals surface area contributed by atoms with Crippen molar-refractivity contribution in [1.29, 1.82) is 0 Å². The molecule has 2 rings (SSSR count). The first-order chi connectivity index (χ1) is 10.4. The fraction of sp³-hybridized carbons (Fsp3) is 0.412. The van der Waals surface area contributed by atoms with Crippen LogP contribution in [0.25, 0.3) is 11.3 Å². The summed E-state index contributed by atoms with van der Waals surface area (Å²) in [5.74, 6) is 0.454. The molecule has 0 aliphatic carbocycles. The van der Waals surface area contributed by atoms with Gasteiger partial charge in [0.1, 0.15) is 5.82 Å². The van der Waals surface area contributed by atoms with Crippen LogP contribution in [-0.2, 0) is 0 Å². The van der Waals surface area contributed by atoms with Gasteiger partial charge in [0.15, 0.2) is 0 Å². The Hall–Kier alpha value is -1.59. The summed E-state index contributed by atoms with van der Waals surface area (Å²) >= 11 is 1.73. The summed E-state index contributed by atoms with van der Waals surface area (Å²) in [6.07, 6.45) is 0.952. The topological polar surface area (TPSA) is 63.8 Å². The minimum atomic E-state index is 0.145. The van der Waals surface area contributed by atoms with E-state index in [4.69, 9.17) is 5.73 Å². The minimum Gasteiger partial charge on any atom is -0.382 e. The summed E-state index contributed by atoms with van der Waals surface area (Å²) in [5.41, 5.74) is 8.92. The Morgan fingerprint density at radius 1 is 1.18 bits per heavy atom. The van der Waals surface area contributed by atoms with Crippen molar-refractivity contribution < 1.29 is 0 Å². The van der Waals surface area contributed by atoms with Crippen molar-refractivity contribution >= 4 is 17.8 Å². The largest absolute Gasteiger partial charge is 0.382 e. The van der Waals surface area contributed by atoms with Crippen LogP contribution in [0.1, 0.15) is 45.7 Å². The number of rotatable bonds is 5. The zero-order chi connectivity index (χ0) is 16.2. The van der Waals surface area contributed by atoms with Gasteiger partial charge in [0.05, 0.1) is 5.69 Å². The molecule has 0 bridgehead atoms. The summed E-state index contributed by atoms with van der Waals surface area (Å²) in [7, 11) is 0. The molecule has 0 saturated heterocycles. The van der Waals surface area contributed by atoms with Gasteiger partial charge in [-0.05, 0) is 33.3 Å². The van der Waals surface area contributed by atoms with Crippen LogP contribution in [-0.4, -0.2) is 14.9 Å². The van der Waals surface area contributed by atoms with Crippen molar-refractivity contribution in [3.63, 3.8) is 0 Å². The number of benzene rings is 1. The number of nitrogen functional groups attached to an aromatic ring is 1. The second-order valence-electron chi connectivity index (χ2n) is 6.23. The number of hydrogen-bond acceptors (Lipinski definition) is 5. The third-order valence-corrected chi connectivity index (χ3v) is 4.20. The van der Waals surface area contributed by atoms with E-state index in [2.05, 4.69) is 42.6 Å². The van der Waals surface area contributed by atoms with Gasteiger partial charge in [-0.25, -0.2) is 0 Å². The first kappa shape index (κ1) is 16.8. The number of anilines is 1. The van der Waals surface area contributed by atoms with Gasteiger partial charge in [-0.15, -0.1) is 10.2 Å². The van der Waals surface area contributed by atoms with Crippen molar-refractivity contribution in [1.82, 2.24) is 14.9 Å². The third kappa shape index (κ3) is 4.45. The average molecular weight is 316 g/mol. The molecule has 0 spiro atoms. The number of hydrogen-bond donors (Lipinski definition) is 2. The van der Waals surface area contributed by atoms with Gasteiger partial charge < -0.3 is 5.73 Å². The predicted octanol–water partition coefficient (Wildman–Crippen LogP) is 4.21. The smallest absolute Gasteiger partial charge is 0.146 e. The van der Waals surface area contributed by atoms with E-state index in [9.17, 15) is 0 Å². The van der Waals surface area contributed by atoms with E-state index >= 15 is 0 Å². The van der Waals surface area contributed by atoms with Crippen LogP contribution in [0.5, 0.6) is 0 Å².